The van der Waals surface area contributed by atoms with Gasteiger partial charge in [-0.25, -0.2) is 0 Å². The molecule has 21 heavy (non-hydrogen) atoms. The van der Waals surface area contributed by atoms with Crippen LogP contribution in [0, 0.1) is 45.3 Å². The van der Waals surface area contributed by atoms with E-state index in [0.29, 0.717) is 21.7 Å². The van der Waals surface area contributed by atoms with Crippen molar-refractivity contribution in [2.45, 2.75) is 87.5 Å². The minimum atomic E-state index is 0.546. The maximum absolute atomic E-state index is 2.58. The van der Waals surface area contributed by atoms with Crippen molar-refractivity contribution < 1.29 is 0 Å². The summed E-state index contributed by atoms with van der Waals surface area (Å²) in [6.45, 7) is 20.6. The summed E-state index contributed by atoms with van der Waals surface area (Å²) in [5.41, 5.74) is 2.21. The van der Waals surface area contributed by atoms with Gasteiger partial charge in [0.15, 0.2) is 0 Å². The molecule has 4 atom stereocenters. The van der Waals surface area contributed by atoms with Crippen molar-refractivity contribution in [1.82, 2.24) is 0 Å². The highest BCUT2D eigenvalue weighted by molar-refractivity contribution is 5.12. The van der Waals surface area contributed by atoms with Crippen LogP contribution in [0.2, 0.25) is 0 Å². The molecule has 3 saturated carbocycles. The van der Waals surface area contributed by atoms with Crippen LogP contribution in [0.15, 0.2) is 0 Å². The fraction of sp³-hybridized carbons (Fsp3) is 1.00. The van der Waals surface area contributed by atoms with Gasteiger partial charge in [0, 0.05) is 0 Å². The highest BCUT2D eigenvalue weighted by atomic mass is 14.7. The van der Waals surface area contributed by atoms with E-state index in [-0.39, 0.29) is 0 Å². The molecule has 3 aliphatic carbocycles. The Balaban J connectivity index is 2.08. The number of hydrogen-bond donors (Lipinski definition) is 0. The summed E-state index contributed by atoms with van der Waals surface area (Å²) in [4.78, 5) is 0. The van der Waals surface area contributed by atoms with Gasteiger partial charge in [-0.05, 0) is 77.4 Å². The Hall–Kier alpha value is 0. The molecule has 3 rings (SSSR count). The first kappa shape index (κ1) is 15.9. The standard InChI is InChI=1S/C21H38/c1-18(2)9-11-20(5,6)16-14(18)13-15-17(16)21(7,8)12-10-19(15,3)4/h14-17H,9-13H2,1-8H3. The van der Waals surface area contributed by atoms with Crippen molar-refractivity contribution in [3.05, 3.63) is 0 Å². The van der Waals surface area contributed by atoms with Gasteiger partial charge >= 0.3 is 0 Å². The molecule has 0 aromatic heterocycles. The van der Waals surface area contributed by atoms with Crippen molar-refractivity contribution in [2.24, 2.45) is 45.3 Å². The molecule has 0 heterocycles. The minimum Gasteiger partial charge on any atom is -0.0596 e. The maximum atomic E-state index is 2.58. The normalized spacial score (nSPS) is 45.7. The predicted octanol–water partition coefficient (Wildman–Crippen LogP) is 6.55. The van der Waals surface area contributed by atoms with E-state index < -0.39 is 0 Å². The van der Waals surface area contributed by atoms with E-state index >= 15 is 0 Å². The fourth-order valence-electron chi connectivity index (χ4n) is 6.73. The lowest BCUT2D eigenvalue weighted by Gasteiger charge is -2.56. The second-order valence-corrected chi connectivity index (χ2v) is 11.5. The Morgan fingerprint density at radius 1 is 0.476 bits per heavy atom. The van der Waals surface area contributed by atoms with Crippen molar-refractivity contribution in [2.75, 3.05) is 0 Å². The van der Waals surface area contributed by atoms with Crippen LogP contribution in [-0.4, -0.2) is 0 Å². The van der Waals surface area contributed by atoms with Gasteiger partial charge in [0.05, 0.1) is 0 Å². The number of hydrogen-bond acceptors (Lipinski definition) is 0. The zero-order valence-electron chi connectivity index (χ0n) is 15.8. The molecule has 0 nitrogen and oxygen atoms in total. The smallest absolute Gasteiger partial charge is 0.0293 e. The van der Waals surface area contributed by atoms with E-state index in [0.717, 1.165) is 23.7 Å². The van der Waals surface area contributed by atoms with Crippen LogP contribution in [0.1, 0.15) is 87.5 Å². The molecule has 0 heteroatoms. The summed E-state index contributed by atoms with van der Waals surface area (Å²) >= 11 is 0. The van der Waals surface area contributed by atoms with E-state index in [9.17, 15) is 0 Å². The van der Waals surface area contributed by atoms with Crippen molar-refractivity contribution in [1.29, 1.82) is 0 Å². The molecular formula is C21H38. The minimum absolute atomic E-state index is 0.546. The lowest BCUT2D eigenvalue weighted by molar-refractivity contribution is -0.0776. The molecule has 4 unspecified atom stereocenters. The highest BCUT2D eigenvalue weighted by Crippen LogP contribution is 2.71. The van der Waals surface area contributed by atoms with Crippen molar-refractivity contribution in [3.63, 3.8) is 0 Å². The Morgan fingerprint density at radius 2 is 0.762 bits per heavy atom. The number of fused-ring (bicyclic) bond motifs is 3. The van der Waals surface area contributed by atoms with E-state index in [1.165, 1.54) is 32.1 Å². The van der Waals surface area contributed by atoms with Gasteiger partial charge in [-0.15, -0.1) is 0 Å². The molecule has 0 aliphatic heterocycles. The lowest BCUT2D eigenvalue weighted by atomic mass is 9.48. The van der Waals surface area contributed by atoms with Gasteiger partial charge in [-0.2, -0.15) is 0 Å². The largest absolute Gasteiger partial charge is 0.0596 e. The Morgan fingerprint density at radius 3 is 1.10 bits per heavy atom. The van der Waals surface area contributed by atoms with Crippen LogP contribution in [-0.2, 0) is 0 Å². The van der Waals surface area contributed by atoms with Crippen LogP contribution < -0.4 is 0 Å². The molecule has 0 spiro atoms. The van der Waals surface area contributed by atoms with Crippen LogP contribution in [0.3, 0.4) is 0 Å². The SMILES string of the molecule is CC1(C)CCC(C)(C)C2C1CC1C2C(C)(C)CCC1(C)C. The zero-order chi connectivity index (χ0) is 15.8. The Kier molecular flexibility index (Phi) is 3.25. The molecule has 0 radical (unpaired) electrons. The average molecular weight is 291 g/mol. The summed E-state index contributed by atoms with van der Waals surface area (Å²) in [5, 5.41) is 0. The lowest BCUT2D eigenvalue weighted by Crippen LogP contribution is -2.49. The molecule has 122 valence electrons. The second kappa shape index (κ2) is 4.30. The molecule has 0 N–H and O–H groups in total. The second-order valence-electron chi connectivity index (χ2n) is 11.5. The molecule has 0 amide bonds. The van der Waals surface area contributed by atoms with Gasteiger partial charge in [-0.1, -0.05) is 55.4 Å². The van der Waals surface area contributed by atoms with E-state index in [4.69, 9.17) is 0 Å². The summed E-state index contributed by atoms with van der Waals surface area (Å²) < 4.78 is 0. The van der Waals surface area contributed by atoms with Crippen LogP contribution in [0.4, 0.5) is 0 Å². The Bertz CT molecular complexity index is 383. The molecule has 0 aromatic rings. The van der Waals surface area contributed by atoms with Gasteiger partial charge < -0.3 is 0 Å². The summed E-state index contributed by atoms with van der Waals surface area (Å²) in [6.07, 6.45) is 7.23. The average Bonchev–Trinajstić information content (AvgIpc) is 2.76. The summed E-state index contributed by atoms with van der Waals surface area (Å²) in [5.74, 6) is 3.79. The molecular weight excluding hydrogens is 252 g/mol. The third-order valence-electron chi connectivity index (χ3n) is 8.40. The molecule has 0 bridgehead atoms. The van der Waals surface area contributed by atoms with Gasteiger partial charge in [0.1, 0.15) is 0 Å². The van der Waals surface area contributed by atoms with E-state index in [2.05, 4.69) is 55.4 Å². The van der Waals surface area contributed by atoms with Gasteiger partial charge in [0.25, 0.3) is 0 Å². The quantitative estimate of drug-likeness (QED) is 0.474. The third kappa shape index (κ3) is 2.22. The summed E-state index contributed by atoms with van der Waals surface area (Å²) in [7, 11) is 0. The number of rotatable bonds is 0. The Labute approximate surface area is 133 Å². The monoisotopic (exact) mass is 290 g/mol. The van der Waals surface area contributed by atoms with Crippen molar-refractivity contribution >= 4 is 0 Å². The molecule has 0 aromatic carbocycles. The first-order chi connectivity index (χ1) is 9.39. The molecule has 3 fully saturated rings. The van der Waals surface area contributed by atoms with Crippen LogP contribution >= 0.6 is 0 Å². The maximum Gasteiger partial charge on any atom is -0.0293 e. The van der Waals surface area contributed by atoms with Gasteiger partial charge in [0.2, 0.25) is 0 Å². The first-order valence-corrected chi connectivity index (χ1v) is 9.39. The van der Waals surface area contributed by atoms with Crippen molar-refractivity contribution in [3.8, 4) is 0 Å². The van der Waals surface area contributed by atoms with Crippen LogP contribution in [0.5, 0.6) is 0 Å². The van der Waals surface area contributed by atoms with Gasteiger partial charge in [-0.3, -0.25) is 0 Å². The zero-order valence-corrected chi connectivity index (χ0v) is 15.8. The fourth-order valence-corrected chi connectivity index (χ4v) is 6.73. The molecule has 3 aliphatic rings. The predicted molar refractivity (Wildman–Crippen MR) is 92.2 cm³/mol. The topological polar surface area (TPSA) is 0 Å². The first-order valence-electron chi connectivity index (χ1n) is 9.39. The summed E-state index contributed by atoms with van der Waals surface area (Å²) in [6, 6.07) is 0. The van der Waals surface area contributed by atoms with E-state index in [1.807, 2.05) is 0 Å². The third-order valence-corrected chi connectivity index (χ3v) is 8.40. The highest BCUT2D eigenvalue weighted by Gasteiger charge is 2.63. The molecule has 0 saturated heterocycles. The van der Waals surface area contributed by atoms with Crippen LogP contribution in [0.25, 0.3) is 0 Å². The van der Waals surface area contributed by atoms with E-state index in [1.54, 1.807) is 0 Å².